The van der Waals surface area contributed by atoms with Crippen molar-refractivity contribution in [1.29, 1.82) is 0 Å². The fraction of sp³-hybridized carbons (Fsp3) is 0.429. The number of nitrogens with one attached hydrogen (secondary N) is 1. The van der Waals surface area contributed by atoms with Crippen molar-refractivity contribution in [2.45, 2.75) is 37.3 Å². The quantitative estimate of drug-likeness (QED) is 0.495. The van der Waals surface area contributed by atoms with Gasteiger partial charge < -0.3 is 9.72 Å². The summed E-state index contributed by atoms with van der Waals surface area (Å²) in [6.07, 6.45) is 0. The molecule has 1 N–H and O–H groups in total. The van der Waals surface area contributed by atoms with Gasteiger partial charge in [-0.2, -0.15) is 0 Å². The predicted molar refractivity (Wildman–Crippen MR) is 85.8 cm³/mol. The molecule has 0 aromatic carbocycles. The van der Waals surface area contributed by atoms with Crippen LogP contribution in [0.2, 0.25) is 0 Å². The average Bonchev–Trinajstić information content (AvgIpc) is 3.06. The topological polar surface area (TPSA) is 84.9 Å². The van der Waals surface area contributed by atoms with Gasteiger partial charge in [0.05, 0.1) is 23.1 Å². The van der Waals surface area contributed by atoms with Gasteiger partial charge in [-0.05, 0) is 33.3 Å². The normalized spacial score (nSPS) is 12.2. The van der Waals surface area contributed by atoms with E-state index in [0.29, 0.717) is 29.1 Å². The molecule has 0 radical (unpaired) electrons. The largest absolute Gasteiger partial charge is 0.462 e. The van der Waals surface area contributed by atoms with Gasteiger partial charge in [-0.3, -0.25) is 4.79 Å². The number of aromatic nitrogens is 3. The van der Waals surface area contributed by atoms with Gasteiger partial charge in [-0.1, -0.05) is 23.1 Å². The highest BCUT2D eigenvalue weighted by Gasteiger charge is 2.26. The molecule has 0 fully saturated rings. The van der Waals surface area contributed by atoms with E-state index in [4.69, 9.17) is 4.74 Å². The maximum absolute atomic E-state index is 12.6. The molecule has 8 heteroatoms. The summed E-state index contributed by atoms with van der Waals surface area (Å²) >= 11 is 2.75. The molecule has 2 aromatic heterocycles. The van der Waals surface area contributed by atoms with Crippen LogP contribution < -0.4 is 0 Å². The third-order valence-electron chi connectivity index (χ3n) is 3.15. The summed E-state index contributed by atoms with van der Waals surface area (Å²) in [5.41, 5.74) is 3.80. The van der Waals surface area contributed by atoms with Crippen molar-refractivity contribution >= 4 is 34.9 Å². The van der Waals surface area contributed by atoms with Crippen molar-refractivity contribution in [3.05, 3.63) is 28.0 Å². The first kappa shape index (κ1) is 16.7. The standard InChI is InChI=1S/C14H17N3O3S2/c1-5-20-13(19)10-7(2)11(16-8(10)3)12(18)9(4)22-14-17-15-6-21-14/h6,9,16H,5H2,1-4H3/t9-/m0/s1. The Morgan fingerprint density at radius 1 is 1.45 bits per heavy atom. The Kier molecular flexibility index (Phi) is 5.36. The van der Waals surface area contributed by atoms with Gasteiger partial charge in [-0.15, -0.1) is 10.2 Å². The Morgan fingerprint density at radius 3 is 2.77 bits per heavy atom. The number of nitrogens with zero attached hydrogens (tertiary/aromatic N) is 2. The van der Waals surface area contributed by atoms with Gasteiger partial charge in [0.2, 0.25) is 0 Å². The van der Waals surface area contributed by atoms with Crippen LogP contribution in [0.15, 0.2) is 9.85 Å². The van der Waals surface area contributed by atoms with E-state index in [1.165, 1.54) is 23.1 Å². The van der Waals surface area contributed by atoms with E-state index in [2.05, 4.69) is 15.2 Å². The number of H-pyrrole nitrogens is 1. The number of carbonyl (C=O) groups is 2. The van der Waals surface area contributed by atoms with E-state index < -0.39 is 5.97 Å². The molecular formula is C14H17N3O3S2. The molecule has 118 valence electrons. The third kappa shape index (κ3) is 3.38. The minimum Gasteiger partial charge on any atom is -0.462 e. The number of thioether (sulfide) groups is 1. The fourth-order valence-corrected chi connectivity index (χ4v) is 3.81. The molecule has 0 aliphatic heterocycles. The van der Waals surface area contributed by atoms with E-state index in [-0.39, 0.29) is 11.0 Å². The number of aromatic amines is 1. The first-order valence-electron chi connectivity index (χ1n) is 6.79. The fourth-order valence-electron chi connectivity index (χ4n) is 2.13. The van der Waals surface area contributed by atoms with Gasteiger partial charge >= 0.3 is 5.97 Å². The summed E-state index contributed by atoms with van der Waals surface area (Å²) in [6.45, 7) is 7.38. The summed E-state index contributed by atoms with van der Waals surface area (Å²) in [5, 5.41) is 7.36. The highest BCUT2D eigenvalue weighted by Crippen LogP contribution is 2.28. The van der Waals surface area contributed by atoms with Crippen molar-refractivity contribution in [2.24, 2.45) is 0 Å². The molecule has 2 rings (SSSR count). The Bertz CT molecular complexity index is 680. The highest BCUT2D eigenvalue weighted by atomic mass is 32.2. The van der Waals surface area contributed by atoms with Crippen LogP contribution in [0.5, 0.6) is 0 Å². The number of esters is 1. The molecule has 0 saturated carbocycles. The van der Waals surface area contributed by atoms with Crippen molar-refractivity contribution in [3.8, 4) is 0 Å². The molecule has 22 heavy (non-hydrogen) atoms. The van der Waals surface area contributed by atoms with Crippen molar-refractivity contribution in [3.63, 3.8) is 0 Å². The Morgan fingerprint density at radius 2 is 2.18 bits per heavy atom. The van der Waals surface area contributed by atoms with Crippen LogP contribution in [-0.2, 0) is 4.74 Å². The number of Topliss-reactive ketones (excluding diaryl/α,β-unsaturated/α-hetero) is 1. The first-order chi connectivity index (χ1) is 10.5. The smallest absolute Gasteiger partial charge is 0.340 e. The zero-order valence-corrected chi connectivity index (χ0v) is 14.4. The van der Waals surface area contributed by atoms with Crippen LogP contribution in [0.25, 0.3) is 0 Å². The summed E-state index contributed by atoms with van der Waals surface area (Å²) in [5.74, 6) is -0.478. The highest BCUT2D eigenvalue weighted by molar-refractivity contribution is 8.02. The SMILES string of the molecule is CCOC(=O)c1c(C)[nH]c(C(=O)[C@H](C)Sc2nncs2)c1C. The van der Waals surface area contributed by atoms with Gasteiger partial charge in [0.25, 0.3) is 0 Å². The van der Waals surface area contributed by atoms with E-state index >= 15 is 0 Å². The molecule has 6 nitrogen and oxygen atoms in total. The monoisotopic (exact) mass is 339 g/mol. The van der Waals surface area contributed by atoms with Gasteiger partial charge in [-0.25, -0.2) is 4.79 Å². The van der Waals surface area contributed by atoms with Crippen LogP contribution in [0.4, 0.5) is 0 Å². The van der Waals surface area contributed by atoms with Crippen LogP contribution in [0.1, 0.15) is 46.0 Å². The number of ether oxygens (including phenoxy) is 1. The van der Waals surface area contributed by atoms with E-state index in [0.717, 1.165) is 4.34 Å². The molecule has 0 unspecified atom stereocenters. The van der Waals surface area contributed by atoms with Crippen LogP contribution in [0.3, 0.4) is 0 Å². The average molecular weight is 339 g/mol. The number of hydrogen-bond acceptors (Lipinski definition) is 7. The molecule has 2 aromatic rings. The number of ketones is 1. The Hall–Kier alpha value is -1.67. The Balaban J connectivity index is 2.23. The molecule has 0 aliphatic rings. The molecule has 1 atom stereocenters. The van der Waals surface area contributed by atoms with Gasteiger partial charge in [0, 0.05) is 5.69 Å². The number of rotatable bonds is 6. The molecule has 0 spiro atoms. The molecular weight excluding hydrogens is 322 g/mol. The van der Waals surface area contributed by atoms with Crippen LogP contribution in [0, 0.1) is 13.8 Å². The summed E-state index contributed by atoms with van der Waals surface area (Å²) in [7, 11) is 0. The number of aryl methyl sites for hydroxylation is 1. The summed E-state index contributed by atoms with van der Waals surface area (Å²) in [4.78, 5) is 27.6. The second-order valence-corrected chi connectivity index (χ2v) is 7.10. The van der Waals surface area contributed by atoms with Crippen molar-refractivity contribution in [1.82, 2.24) is 15.2 Å². The lowest BCUT2D eigenvalue weighted by Gasteiger charge is -2.07. The van der Waals surface area contributed by atoms with E-state index in [9.17, 15) is 9.59 Å². The minimum atomic E-state index is -0.405. The van der Waals surface area contributed by atoms with Crippen molar-refractivity contribution < 1.29 is 14.3 Å². The summed E-state index contributed by atoms with van der Waals surface area (Å²) in [6, 6.07) is 0. The van der Waals surface area contributed by atoms with Crippen molar-refractivity contribution in [2.75, 3.05) is 6.61 Å². The molecule has 0 aliphatic carbocycles. The van der Waals surface area contributed by atoms with Crippen LogP contribution >= 0.6 is 23.1 Å². The lowest BCUT2D eigenvalue weighted by molar-refractivity contribution is 0.0525. The predicted octanol–water partition coefficient (Wildman–Crippen LogP) is 3.02. The lowest BCUT2D eigenvalue weighted by Crippen LogP contribution is -2.15. The molecule has 0 amide bonds. The lowest BCUT2D eigenvalue weighted by atomic mass is 10.1. The van der Waals surface area contributed by atoms with Gasteiger partial charge in [0.15, 0.2) is 10.1 Å². The maximum atomic E-state index is 12.6. The second-order valence-electron chi connectivity index (χ2n) is 4.67. The van der Waals surface area contributed by atoms with Gasteiger partial charge in [0.1, 0.15) is 5.51 Å². The first-order valence-corrected chi connectivity index (χ1v) is 8.54. The van der Waals surface area contributed by atoms with Crippen LogP contribution in [-0.4, -0.2) is 38.8 Å². The third-order valence-corrected chi connectivity index (χ3v) is 5.06. The number of hydrogen-bond donors (Lipinski definition) is 1. The number of carbonyl (C=O) groups excluding carboxylic acids is 2. The van der Waals surface area contributed by atoms with E-state index in [1.54, 1.807) is 26.3 Å². The zero-order valence-electron chi connectivity index (χ0n) is 12.8. The zero-order chi connectivity index (χ0) is 16.3. The molecule has 0 saturated heterocycles. The Labute approximate surface area is 136 Å². The van der Waals surface area contributed by atoms with E-state index in [1.807, 2.05) is 6.92 Å². The molecule has 0 bridgehead atoms. The maximum Gasteiger partial charge on any atom is 0.340 e. The second kappa shape index (κ2) is 7.06. The minimum absolute atomic E-state index is 0.0728. The molecule has 2 heterocycles. The summed E-state index contributed by atoms with van der Waals surface area (Å²) < 4.78 is 5.78.